The summed E-state index contributed by atoms with van der Waals surface area (Å²) in [5.41, 5.74) is 2.69. The predicted octanol–water partition coefficient (Wildman–Crippen LogP) is 5.25. The minimum absolute atomic E-state index is 0.198. The normalized spacial score (nSPS) is 11.6. The SMILES string of the molecule is CC(OC(=O)c1ccc(-c2ccc(O)cc2)cc1)C(=O)c1ccc(Br)cc1. The fourth-order valence-electron chi connectivity index (χ4n) is 2.58. The van der Waals surface area contributed by atoms with E-state index in [2.05, 4.69) is 15.9 Å². The Morgan fingerprint density at radius 1 is 0.815 bits per heavy atom. The van der Waals surface area contributed by atoms with Crippen LogP contribution < -0.4 is 0 Å². The summed E-state index contributed by atoms with van der Waals surface area (Å²) < 4.78 is 6.18. The summed E-state index contributed by atoms with van der Waals surface area (Å²) in [6, 6.07) is 20.6. The Hall–Kier alpha value is -2.92. The molecule has 3 aromatic carbocycles. The van der Waals surface area contributed by atoms with E-state index in [1.165, 1.54) is 0 Å². The third-order valence-corrected chi connectivity index (χ3v) is 4.63. The summed E-state index contributed by atoms with van der Waals surface area (Å²) in [4.78, 5) is 24.7. The van der Waals surface area contributed by atoms with E-state index < -0.39 is 12.1 Å². The molecule has 3 rings (SSSR count). The number of ether oxygens (including phenoxy) is 1. The zero-order chi connectivity index (χ0) is 19.4. The van der Waals surface area contributed by atoms with Crippen LogP contribution in [0, 0.1) is 0 Å². The first-order valence-electron chi connectivity index (χ1n) is 8.34. The van der Waals surface area contributed by atoms with Crippen LogP contribution in [0.3, 0.4) is 0 Å². The second-order valence-corrected chi connectivity index (χ2v) is 6.96. The molecule has 0 heterocycles. The number of esters is 1. The van der Waals surface area contributed by atoms with Crippen LogP contribution in [-0.4, -0.2) is 23.0 Å². The smallest absolute Gasteiger partial charge is 0.338 e. The van der Waals surface area contributed by atoms with Crippen molar-refractivity contribution in [3.8, 4) is 16.9 Å². The van der Waals surface area contributed by atoms with Crippen molar-refractivity contribution < 1.29 is 19.4 Å². The van der Waals surface area contributed by atoms with Gasteiger partial charge in [-0.15, -0.1) is 0 Å². The van der Waals surface area contributed by atoms with Gasteiger partial charge < -0.3 is 9.84 Å². The number of ketones is 1. The lowest BCUT2D eigenvalue weighted by Gasteiger charge is -2.13. The first-order chi connectivity index (χ1) is 12.9. The number of halogens is 1. The van der Waals surface area contributed by atoms with E-state index in [0.717, 1.165) is 15.6 Å². The van der Waals surface area contributed by atoms with Gasteiger partial charge in [-0.05, 0) is 54.4 Å². The molecule has 0 bridgehead atoms. The van der Waals surface area contributed by atoms with Crippen molar-refractivity contribution in [3.63, 3.8) is 0 Å². The lowest BCUT2D eigenvalue weighted by molar-refractivity contribution is 0.0319. The van der Waals surface area contributed by atoms with Gasteiger partial charge in [0.25, 0.3) is 0 Å². The van der Waals surface area contributed by atoms with E-state index in [4.69, 9.17) is 4.74 Å². The number of aromatic hydroxyl groups is 1. The van der Waals surface area contributed by atoms with Gasteiger partial charge in [0.15, 0.2) is 6.10 Å². The molecule has 136 valence electrons. The van der Waals surface area contributed by atoms with Crippen LogP contribution in [0.5, 0.6) is 5.75 Å². The number of hydrogen-bond acceptors (Lipinski definition) is 4. The molecule has 1 unspecified atom stereocenters. The van der Waals surface area contributed by atoms with Crippen LogP contribution in [0.4, 0.5) is 0 Å². The number of phenolic OH excluding ortho intramolecular Hbond substituents is 1. The van der Waals surface area contributed by atoms with E-state index in [1.807, 2.05) is 0 Å². The average Bonchev–Trinajstić information content (AvgIpc) is 2.68. The third kappa shape index (κ3) is 4.63. The molecule has 5 heteroatoms. The van der Waals surface area contributed by atoms with Crippen molar-refractivity contribution in [2.24, 2.45) is 0 Å². The molecule has 0 aliphatic rings. The van der Waals surface area contributed by atoms with Gasteiger partial charge in [0.05, 0.1) is 5.56 Å². The topological polar surface area (TPSA) is 63.6 Å². The molecular weight excluding hydrogens is 408 g/mol. The van der Waals surface area contributed by atoms with E-state index in [0.29, 0.717) is 11.1 Å². The molecule has 0 aromatic heterocycles. The van der Waals surface area contributed by atoms with Crippen molar-refractivity contribution >= 4 is 27.7 Å². The molecular formula is C22H17BrO4. The van der Waals surface area contributed by atoms with E-state index in [-0.39, 0.29) is 11.5 Å². The van der Waals surface area contributed by atoms with E-state index in [9.17, 15) is 14.7 Å². The van der Waals surface area contributed by atoms with Crippen LogP contribution >= 0.6 is 15.9 Å². The first-order valence-corrected chi connectivity index (χ1v) is 9.13. The highest BCUT2D eigenvalue weighted by Gasteiger charge is 2.20. The van der Waals surface area contributed by atoms with Crippen molar-refractivity contribution in [1.29, 1.82) is 0 Å². The molecule has 0 fully saturated rings. The molecule has 0 saturated heterocycles. The molecule has 0 aliphatic carbocycles. The predicted molar refractivity (Wildman–Crippen MR) is 107 cm³/mol. The lowest BCUT2D eigenvalue weighted by atomic mass is 10.0. The maximum absolute atomic E-state index is 12.4. The Bertz CT molecular complexity index is 945. The maximum Gasteiger partial charge on any atom is 0.338 e. The number of rotatable bonds is 5. The number of phenols is 1. The van der Waals surface area contributed by atoms with Crippen molar-refractivity contribution in [3.05, 3.63) is 88.4 Å². The minimum atomic E-state index is -0.879. The molecule has 1 atom stereocenters. The van der Waals surface area contributed by atoms with Gasteiger partial charge in [-0.1, -0.05) is 52.3 Å². The van der Waals surface area contributed by atoms with Gasteiger partial charge in [0.2, 0.25) is 5.78 Å². The van der Waals surface area contributed by atoms with Crippen LogP contribution in [0.2, 0.25) is 0 Å². The monoisotopic (exact) mass is 424 g/mol. The molecule has 0 aliphatic heterocycles. The van der Waals surface area contributed by atoms with Crippen LogP contribution in [0.25, 0.3) is 11.1 Å². The standard InChI is InChI=1S/C22H17BrO4/c1-14(21(25)17-6-10-19(23)11-7-17)27-22(26)18-4-2-15(3-5-18)16-8-12-20(24)13-9-16/h2-14,24H,1H3. The average molecular weight is 425 g/mol. The summed E-state index contributed by atoms with van der Waals surface area (Å²) in [5.74, 6) is -0.606. The highest BCUT2D eigenvalue weighted by Crippen LogP contribution is 2.22. The fourth-order valence-corrected chi connectivity index (χ4v) is 2.85. The van der Waals surface area contributed by atoms with E-state index in [1.54, 1.807) is 79.7 Å². The van der Waals surface area contributed by atoms with Crippen LogP contribution in [-0.2, 0) is 4.74 Å². The van der Waals surface area contributed by atoms with Crippen LogP contribution in [0.1, 0.15) is 27.6 Å². The summed E-state index contributed by atoms with van der Waals surface area (Å²) in [6.07, 6.45) is -0.879. The quantitative estimate of drug-likeness (QED) is 0.448. The Balaban J connectivity index is 1.67. The molecule has 0 spiro atoms. The van der Waals surface area contributed by atoms with Gasteiger partial charge in [-0.2, -0.15) is 0 Å². The fraction of sp³-hybridized carbons (Fsp3) is 0.0909. The summed E-state index contributed by atoms with van der Waals surface area (Å²) >= 11 is 3.32. The maximum atomic E-state index is 12.4. The van der Waals surface area contributed by atoms with Gasteiger partial charge in [-0.3, -0.25) is 4.79 Å². The Labute approximate surface area is 165 Å². The number of hydrogen-bond donors (Lipinski definition) is 1. The van der Waals surface area contributed by atoms with Gasteiger partial charge in [0, 0.05) is 10.0 Å². The number of carbonyl (C=O) groups is 2. The number of benzene rings is 3. The summed E-state index contributed by atoms with van der Waals surface area (Å²) in [6.45, 7) is 1.56. The van der Waals surface area contributed by atoms with Crippen molar-refractivity contribution in [1.82, 2.24) is 0 Å². The van der Waals surface area contributed by atoms with Crippen molar-refractivity contribution in [2.45, 2.75) is 13.0 Å². The number of Topliss-reactive ketones (excluding diaryl/α,β-unsaturated/α-hetero) is 1. The highest BCUT2D eigenvalue weighted by atomic mass is 79.9. The minimum Gasteiger partial charge on any atom is -0.508 e. The first kappa shape index (κ1) is 18.9. The Kier molecular flexibility index (Phi) is 5.72. The molecule has 3 aromatic rings. The second-order valence-electron chi connectivity index (χ2n) is 6.04. The van der Waals surface area contributed by atoms with Crippen LogP contribution in [0.15, 0.2) is 77.3 Å². The molecule has 0 amide bonds. The largest absolute Gasteiger partial charge is 0.508 e. The molecule has 27 heavy (non-hydrogen) atoms. The van der Waals surface area contributed by atoms with Gasteiger partial charge >= 0.3 is 5.97 Å². The third-order valence-electron chi connectivity index (χ3n) is 4.10. The van der Waals surface area contributed by atoms with E-state index >= 15 is 0 Å². The molecule has 1 N–H and O–H groups in total. The molecule has 4 nitrogen and oxygen atoms in total. The highest BCUT2D eigenvalue weighted by molar-refractivity contribution is 9.10. The number of carbonyl (C=O) groups excluding carboxylic acids is 2. The Morgan fingerprint density at radius 2 is 1.30 bits per heavy atom. The lowest BCUT2D eigenvalue weighted by Crippen LogP contribution is -2.24. The summed E-state index contributed by atoms with van der Waals surface area (Å²) in [7, 11) is 0. The molecule has 0 saturated carbocycles. The Morgan fingerprint density at radius 3 is 1.85 bits per heavy atom. The zero-order valence-corrected chi connectivity index (χ0v) is 16.1. The molecule has 0 radical (unpaired) electrons. The zero-order valence-electron chi connectivity index (χ0n) is 14.6. The van der Waals surface area contributed by atoms with Gasteiger partial charge in [0.1, 0.15) is 5.75 Å². The summed E-state index contributed by atoms with van der Waals surface area (Å²) in [5, 5.41) is 9.35. The van der Waals surface area contributed by atoms with Gasteiger partial charge in [-0.25, -0.2) is 4.79 Å². The van der Waals surface area contributed by atoms with Crippen molar-refractivity contribution in [2.75, 3.05) is 0 Å². The second kappa shape index (κ2) is 8.18.